The van der Waals surface area contributed by atoms with Crippen LogP contribution < -0.4 is 5.73 Å². The van der Waals surface area contributed by atoms with Gasteiger partial charge in [-0.1, -0.05) is 25.5 Å². The molecule has 1 fully saturated rings. The van der Waals surface area contributed by atoms with Crippen molar-refractivity contribution in [1.82, 2.24) is 4.90 Å². The van der Waals surface area contributed by atoms with Crippen molar-refractivity contribution in [2.24, 2.45) is 25.7 Å². The molecule has 6 nitrogen and oxygen atoms in total. The molecule has 0 saturated carbocycles. The maximum atomic E-state index is 12.2. The van der Waals surface area contributed by atoms with E-state index < -0.39 is 6.18 Å². The second kappa shape index (κ2) is 13.0. The van der Waals surface area contributed by atoms with Crippen LogP contribution in [-0.2, 0) is 0 Å². The summed E-state index contributed by atoms with van der Waals surface area (Å²) in [7, 11) is 3.10. The largest absolute Gasteiger partial charge is 0.409 e. The van der Waals surface area contributed by atoms with Crippen molar-refractivity contribution >= 4 is 23.7 Å². The predicted molar refractivity (Wildman–Crippen MR) is 115 cm³/mol. The molecule has 0 radical (unpaired) electrons. The van der Waals surface area contributed by atoms with Crippen LogP contribution in [0.1, 0.15) is 39.0 Å². The van der Waals surface area contributed by atoms with Gasteiger partial charge >= 0.3 is 6.18 Å². The molecule has 1 atom stereocenters. The lowest BCUT2D eigenvalue weighted by atomic mass is 10.1. The molecule has 0 spiro atoms. The summed E-state index contributed by atoms with van der Waals surface area (Å²) in [6.07, 6.45) is 5.80. The summed E-state index contributed by atoms with van der Waals surface area (Å²) in [5.74, 6) is 0.926. The maximum Gasteiger partial charge on any atom is 0.409 e. The van der Waals surface area contributed by atoms with Gasteiger partial charge in [0.25, 0.3) is 0 Å². The van der Waals surface area contributed by atoms with E-state index in [0.717, 1.165) is 44.8 Å². The number of unbranched alkanes of at least 4 members (excludes halogenated alkanes) is 1. The highest BCUT2D eigenvalue weighted by Gasteiger charge is 2.21. The number of halogens is 3. The Bertz CT molecular complexity index is 674. The zero-order chi connectivity index (χ0) is 21.7. The van der Waals surface area contributed by atoms with E-state index in [-0.39, 0.29) is 12.1 Å². The van der Waals surface area contributed by atoms with Crippen molar-refractivity contribution in [1.29, 1.82) is 0 Å². The van der Waals surface area contributed by atoms with Gasteiger partial charge in [-0.25, -0.2) is 9.98 Å². The summed E-state index contributed by atoms with van der Waals surface area (Å²) in [4.78, 5) is 19.3. The Hall–Kier alpha value is -2.29. The van der Waals surface area contributed by atoms with Gasteiger partial charge in [-0.2, -0.15) is 13.2 Å². The number of alkyl halides is 3. The van der Waals surface area contributed by atoms with Crippen molar-refractivity contribution in [3.8, 4) is 0 Å². The number of likely N-dealkylation sites (tertiary alicyclic amines) is 1. The average Bonchev–Trinajstić information content (AvgIpc) is 2.67. The van der Waals surface area contributed by atoms with Gasteiger partial charge in [0, 0.05) is 45.7 Å². The topological polar surface area (TPSA) is 78.7 Å². The third-order valence-corrected chi connectivity index (χ3v) is 4.18. The third kappa shape index (κ3) is 10.7. The van der Waals surface area contributed by atoms with Crippen molar-refractivity contribution in [3.63, 3.8) is 0 Å². The molecule has 1 saturated heterocycles. The molecule has 0 aliphatic carbocycles. The Balaban J connectivity index is 2.97. The van der Waals surface area contributed by atoms with Crippen molar-refractivity contribution in [2.45, 2.75) is 51.2 Å². The quantitative estimate of drug-likeness (QED) is 0.392. The molecule has 29 heavy (non-hydrogen) atoms. The molecular weight excluding hydrogens is 381 g/mol. The maximum absolute atomic E-state index is 12.2. The van der Waals surface area contributed by atoms with Crippen LogP contribution in [0.2, 0.25) is 0 Å². The molecule has 9 heteroatoms. The number of nitrogens with zero attached hydrogens (tertiary/aromatic N) is 5. The first-order valence-corrected chi connectivity index (χ1v) is 9.77. The Morgan fingerprint density at radius 2 is 1.97 bits per heavy atom. The van der Waals surface area contributed by atoms with E-state index in [1.165, 1.54) is 19.2 Å². The van der Waals surface area contributed by atoms with Crippen LogP contribution in [0.5, 0.6) is 0 Å². The van der Waals surface area contributed by atoms with Gasteiger partial charge in [0.1, 0.15) is 11.5 Å². The lowest BCUT2D eigenvalue weighted by molar-refractivity contribution is -0.0798. The molecule has 0 aromatic rings. The van der Waals surface area contributed by atoms with E-state index in [1.54, 1.807) is 13.4 Å². The summed E-state index contributed by atoms with van der Waals surface area (Å²) in [5.41, 5.74) is 6.38. The summed E-state index contributed by atoms with van der Waals surface area (Å²) >= 11 is 0. The van der Waals surface area contributed by atoms with Crippen LogP contribution in [0.15, 0.2) is 44.3 Å². The zero-order valence-corrected chi connectivity index (χ0v) is 17.4. The monoisotopic (exact) mass is 412 g/mol. The Kier molecular flexibility index (Phi) is 11.1. The van der Waals surface area contributed by atoms with Crippen LogP contribution in [0, 0.1) is 0 Å². The van der Waals surface area contributed by atoms with E-state index in [0.29, 0.717) is 23.8 Å². The highest BCUT2D eigenvalue weighted by atomic mass is 19.4. The second-order valence-electron chi connectivity index (χ2n) is 6.69. The number of hydrogen-bond donors (Lipinski definition) is 1. The predicted octanol–water partition coefficient (Wildman–Crippen LogP) is 3.80. The molecule has 0 aromatic heterocycles. The van der Waals surface area contributed by atoms with E-state index in [4.69, 9.17) is 5.73 Å². The van der Waals surface area contributed by atoms with Gasteiger partial charge in [-0.05, 0) is 25.3 Å². The molecular formula is C20H31F3N6. The van der Waals surface area contributed by atoms with Gasteiger partial charge in [0.2, 0.25) is 0 Å². The average molecular weight is 413 g/mol. The molecule has 1 aliphatic heterocycles. The van der Waals surface area contributed by atoms with Crippen LogP contribution >= 0.6 is 0 Å². The fourth-order valence-corrected chi connectivity index (χ4v) is 2.68. The van der Waals surface area contributed by atoms with Crippen LogP contribution in [0.4, 0.5) is 13.2 Å². The first-order chi connectivity index (χ1) is 13.8. The van der Waals surface area contributed by atoms with Gasteiger partial charge in [0.05, 0.1) is 6.34 Å². The minimum atomic E-state index is -4.35. The standard InChI is InChI=1S/C20H31F3N6/c1-4-5-11-18(27-15-29-13-8-9-16(24)14-29)28-19(26-3)17(25-2)10-6-7-12-20(21,22)23/h6-7,10,12,15-16H,4-5,8-9,11,13-14,24H2,1-3H3/b10-6+,12-7+,25-17+,26-19-,27-15+,28-18-/t16-/m1/s1. The van der Waals surface area contributed by atoms with Gasteiger partial charge in [0.15, 0.2) is 5.84 Å². The van der Waals surface area contributed by atoms with Crippen molar-refractivity contribution < 1.29 is 13.2 Å². The molecule has 1 rings (SSSR count). The molecule has 1 heterocycles. The molecule has 1 aliphatic rings. The minimum absolute atomic E-state index is 0.146. The molecule has 162 valence electrons. The molecule has 0 amide bonds. The normalized spacial score (nSPS) is 20.6. The first kappa shape index (κ1) is 24.7. The Morgan fingerprint density at radius 3 is 2.55 bits per heavy atom. The first-order valence-electron chi connectivity index (χ1n) is 9.77. The van der Waals surface area contributed by atoms with Crippen molar-refractivity contribution in [3.05, 3.63) is 24.3 Å². The molecule has 0 aromatic carbocycles. The van der Waals surface area contributed by atoms with Crippen LogP contribution in [0.3, 0.4) is 0 Å². The van der Waals surface area contributed by atoms with E-state index in [9.17, 15) is 13.2 Å². The molecule has 0 bridgehead atoms. The van der Waals surface area contributed by atoms with E-state index in [1.807, 2.05) is 0 Å². The number of rotatable bonds is 7. The fraction of sp³-hybridized carbons (Fsp3) is 0.600. The summed E-state index contributed by atoms with van der Waals surface area (Å²) in [6.45, 7) is 3.74. The minimum Gasteiger partial charge on any atom is -0.361 e. The smallest absolute Gasteiger partial charge is 0.361 e. The second-order valence-corrected chi connectivity index (χ2v) is 6.69. The zero-order valence-electron chi connectivity index (χ0n) is 17.4. The summed E-state index contributed by atoms with van der Waals surface area (Å²) in [5, 5.41) is 0. The number of hydrogen-bond acceptors (Lipinski definition) is 3. The number of piperidine rings is 1. The highest BCUT2D eigenvalue weighted by Crippen LogP contribution is 2.15. The van der Waals surface area contributed by atoms with Crippen LogP contribution in [0.25, 0.3) is 0 Å². The summed E-state index contributed by atoms with van der Waals surface area (Å²) in [6, 6.07) is 0.146. The Labute approximate surface area is 170 Å². The number of aliphatic imine (C=N–C) groups is 4. The SMILES string of the molecule is CCCCC(=N/C(=N\C)C(/C=C/C=C/C(F)(F)F)=N/C)/N=C/N1CCC[C@@H](N)C1. The van der Waals surface area contributed by atoms with Gasteiger partial charge in [-0.3, -0.25) is 9.98 Å². The van der Waals surface area contributed by atoms with E-state index in [2.05, 4.69) is 31.8 Å². The lowest BCUT2D eigenvalue weighted by Crippen LogP contribution is -2.42. The summed E-state index contributed by atoms with van der Waals surface area (Å²) < 4.78 is 36.6. The van der Waals surface area contributed by atoms with Gasteiger partial charge < -0.3 is 10.6 Å². The molecule has 2 N–H and O–H groups in total. The highest BCUT2D eigenvalue weighted by molar-refractivity contribution is 6.47. The lowest BCUT2D eigenvalue weighted by Gasteiger charge is -2.28. The number of nitrogens with two attached hydrogens (primary N) is 1. The van der Waals surface area contributed by atoms with E-state index >= 15 is 0 Å². The Morgan fingerprint density at radius 1 is 1.21 bits per heavy atom. The number of amidine groups is 2. The number of allylic oxidation sites excluding steroid dienone is 3. The fourth-order valence-electron chi connectivity index (χ4n) is 2.68. The van der Waals surface area contributed by atoms with Crippen molar-refractivity contribution in [2.75, 3.05) is 27.2 Å². The third-order valence-electron chi connectivity index (χ3n) is 4.18. The van der Waals surface area contributed by atoms with Crippen LogP contribution in [-0.4, -0.2) is 68.0 Å². The van der Waals surface area contributed by atoms with Gasteiger partial charge in [-0.15, -0.1) is 0 Å². The molecule has 0 unspecified atom stereocenters.